The molecule has 2 saturated heterocycles. The fourth-order valence-corrected chi connectivity index (χ4v) is 7.53. The highest BCUT2D eigenvalue weighted by atomic mass is 32.2. The molecule has 0 radical (unpaired) electrons. The topological polar surface area (TPSA) is 29.5 Å². The number of unbranched alkanes of at least 4 members (excludes halogenated alkanes) is 3. The molecule has 0 N–H and O–H groups in total. The molecule has 166 valence electrons. The van der Waals surface area contributed by atoms with Crippen molar-refractivity contribution in [2.45, 2.75) is 61.7 Å². The maximum absolute atomic E-state index is 12.2. The van der Waals surface area contributed by atoms with Gasteiger partial charge in [0.05, 0.1) is 28.3 Å². The van der Waals surface area contributed by atoms with E-state index < -0.39 is 0 Å². The fourth-order valence-electron chi connectivity index (χ4n) is 4.57. The van der Waals surface area contributed by atoms with Gasteiger partial charge < -0.3 is 4.79 Å². The molecule has 4 rings (SSSR count). The second-order valence-electron chi connectivity index (χ2n) is 8.39. The Hall–Kier alpha value is -1.43. The molecule has 0 aromatic heterocycles. The first-order chi connectivity index (χ1) is 15.4. The molecule has 0 aliphatic carbocycles. The summed E-state index contributed by atoms with van der Waals surface area (Å²) in [5.74, 6) is 2.52. The van der Waals surface area contributed by atoms with Crippen LogP contribution < -0.4 is 5.06 Å². The minimum Gasteiger partial charge on any atom is -0.303 e. The largest absolute Gasteiger partial charge is 0.303 e. The number of thioether (sulfide) groups is 2. The molecule has 0 bridgehead atoms. The highest BCUT2D eigenvalue weighted by Gasteiger charge is 2.44. The van der Waals surface area contributed by atoms with E-state index in [2.05, 4.69) is 47.8 Å². The van der Waals surface area contributed by atoms with Gasteiger partial charge >= 0.3 is 0 Å². The maximum atomic E-state index is 12.2. The van der Waals surface area contributed by atoms with Gasteiger partial charge in [0.25, 0.3) is 0 Å². The lowest BCUT2D eigenvalue weighted by Crippen LogP contribution is -2.25. The second-order valence-corrected chi connectivity index (χ2v) is 11.3. The monoisotopic (exact) mass is 455 g/mol. The summed E-state index contributed by atoms with van der Waals surface area (Å²) in [6.45, 7) is 0. The van der Waals surface area contributed by atoms with Crippen LogP contribution in [0, 0.1) is 5.92 Å². The van der Waals surface area contributed by atoms with E-state index in [1.807, 2.05) is 41.5 Å². The molecule has 0 spiro atoms. The number of carbonyl (C=O) groups excluding carboxylic acids is 1. The van der Waals surface area contributed by atoms with Gasteiger partial charge in [0, 0.05) is 0 Å². The Bertz CT molecular complexity index is 783. The molecule has 3 atom stereocenters. The van der Waals surface area contributed by atoms with Gasteiger partial charge in [0.1, 0.15) is 6.29 Å². The number of hydrogen-bond acceptors (Lipinski definition) is 5. The fraction of sp³-hybridized carbons (Fsp3) is 0.500. The summed E-state index contributed by atoms with van der Waals surface area (Å²) in [5, 5.41) is 1.97. The van der Waals surface area contributed by atoms with Crippen LogP contribution in [0.5, 0.6) is 0 Å². The van der Waals surface area contributed by atoms with E-state index in [0.717, 1.165) is 35.0 Å². The van der Waals surface area contributed by atoms with Crippen LogP contribution in [-0.4, -0.2) is 28.5 Å². The summed E-state index contributed by atoms with van der Waals surface area (Å²) < 4.78 is 0.817. The molecule has 3 nitrogen and oxygen atoms in total. The zero-order chi connectivity index (χ0) is 21.3. The molecule has 31 heavy (non-hydrogen) atoms. The Morgan fingerprint density at radius 2 is 1.52 bits per heavy atom. The molecular weight excluding hydrogens is 422 g/mol. The average molecular weight is 456 g/mol. The van der Waals surface area contributed by atoms with Crippen LogP contribution in [-0.2, 0) is 9.63 Å². The van der Waals surface area contributed by atoms with Crippen molar-refractivity contribution in [3.63, 3.8) is 0 Å². The van der Waals surface area contributed by atoms with E-state index in [9.17, 15) is 4.79 Å². The molecule has 2 aliphatic rings. The first-order valence-corrected chi connectivity index (χ1v) is 13.7. The van der Waals surface area contributed by atoms with E-state index in [4.69, 9.17) is 4.84 Å². The lowest BCUT2D eigenvalue weighted by molar-refractivity contribution is -0.113. The third-order valence-corrected chi connectivity index (χ3v) is 9.26. The van der Waals surface area contributed by atoms with Crippen molar-refractivity contribution in [3.8, 4) is 0 Å². The molecule has 2 heterocycles. The average Bonchev–Trinajstić information content (AvgIpc) is 3.21. The van der Waals surface area contributed by atoms with Gasteiger partial charge in [0.15, 0.2) is 0 Å². The molecule has 0 saturated carbocycles. The van der Waals surface area contributed by atoms with Crippen molar-refractivity contribution < 1.29 is 9.63 Å². The van der Waals surface area contributed by atoms with Gasteiger partial charge in [-0.2, -0.15) is 0 Å². The Labute approximate surface area is 195 Å². The quantitative estimate of drug-likeness (QED) is 0.287. The number of hydrogen-bond donors (Lipinski definition) is 0. The number of aldehydes is 1. The third kappa shape index (κ3) is 6.09. The van der Waals surface area contributed by atoms with Crippen molar-refractivity contribution in [2.75, 3.05) is 16.6 Å². The van der Waals surface area contributed by atoms with Crippen molar-refractivity contribution in [1.29, 1.82) is 0 Å². The zero-order valence-electron chi connectivity index (χ0n) is 18.1. The summed E-state index contributed by atoms with van der Waals surface area (Å²) in [6, 6.07) is 20.4. The highest BCUT2D eigenvalue weighted by Crippen LogP contribution is 2.43. The maximum Gasteiger partial charge on any atom is 0.128 e. The first kappa shape index (κ1) is 22.8. The van der Waals surface area contributed by atoms with Gasteiger partial charge in [0.2, 0.25) is 0 Å². The van der Waals surface area contributed by atoms with Gasteiger partial charge in [-0.15, -0.1) is 23.5 Å². The molecule has 2 aromatic rings. The molecule has 0 amide bonds. The smallest absolute Gasteiger partial charge is 0.128 e. The molecule has 2 fully saturated rings. The van der Waals surface area contributed by atoms with E-state index >= 15 is 0 Å². The minimum atomic E-state index is -0.155. The summed E-state index contributed by atoms with van der Waals surface area (Å²) >= 11 is 4.29. The van der Waals surface area contributed by atoms with Gasteiger partial charge in [-0.05, 0) is 48.5 Å². The van der Waals surface area contributed by atoms with Crippen LogP contribution >= 0.6 is 23.5 Å². The Balaban J connectivity index is 1.33. The van der Waals surface area contributed by atoms with E-state index in [1.165, 1.54) is 43.6 Å². The molecular formula is C26H33NO2S2. The lowest BCUT2D eigenvalue weighted by Gasteiger charge is -2.26. The van der Waals surface area contributed by atoms with Crippen molar-refractivity contribution >= 4 is 35.5 Å². The predicted molar refractivity (Wildman–Crippen MR) is 134 cm³/mol. The minimum absolute atomic E-state index is 0.0626. The summed E-state index contributed by atoms with van der Waals surface area (Å²) in [5.41, 5.74) is 2.14. The number of para-hydroxylation sites is 1. The summed E-state index contributed by atoms with van der Waals surface area (Å²) in [6.07, 6.45) is 9.62. The Morgan fingerprint density at radius 3 is 2.19 bits per heavy atom. The summed E-state index contributed by atoms with van der Waals surface area (Å²) in [4.78, 5) is 18.6. The van der Waals surface area contributed by atoms with E-state index in [1.54, 1.807) is 0 Å². The lowest BCUT2D eigenvalue weighted by atomic mass is 9.88. The summed E-state index contributed by atoms with van der Waals surface area (Å²) in [7, 11) is 0. The molecule has 2 aliphatic heterocycles. The van der Waals surface area contributed by atoms with Gasteiger partial charge in [-0.3, -0.25) is 4.84 Å². The number of nitrogens with zero attached hydrogens (tertiary/aromatic N) is 1. The van der Waals surface area contributed by atoms with Crippen LogP contribution in [0.4, 0.5) is 5.69 Å². The number of rotatable bonds is 10. The van der Waals surface area contributed by atoms with Crippen LogP contribution in [0.15, 0.2) is 60.7 Å². The van der Waals surface area contributed by atoms with Gasteiger partial charge in [-0.1, -0.05) is 74.2 Å². The molecule has 0 unspecified atom stereocenters. The zero-order valence-corrected chi connectivity index (χ0v) is 19.7. The van der Waals surface area contributed by atoms with E-state index in [-0.39, 0.29) is 18.1 Å². The van der Waals surface area contributed by atoms with Crippen LogP contribution in [0.1, 0.15) is 56.6 Å². The van der Waals surface area contributed by atoms with Crippen LogP contribution in [0.25, 0.3) is 0 Å². The third-order valence-electron chi connectivity index (χ3n) is 6.18. The normalized spacial score (nSPS) is 24.4. The van der Waals surface area contributed by atoms with Crippen molar-refractivity contribution in [2.24, 2.45) is 5.92 Å². The number of carbonyl (C=O) groups is 1. The van der Waals surface area contributed by atoms with E-state index in [0.29, 0.717) is 0 Å². The Kier molecular flexibility index (Phi) is 8.80. The van der Waals surface area contributed by atoms with Gasteiger partial charge in [-0.25, -0.2) is 5.06 Å². The standard InChI is InChI=1S/C26H33NO2S2/c28-20-23-24(16-9-1-2-10-17-25-30-18-11-19-31-25)29-27(22-14-7-4-8-15-22)26(23)21-12-5-3-6-13-21/h3-8,12-15,20,23-26H,1-2,9-11,16-19H2/t23-,24-,26-/m1/s1. The SMILES string of the molecule is O=C[C@H]1[C@@H](c2ccccc2)N(c2ccccc2)O[C@@H]1CCCCCCC1SCCCS1. The number of anilines is 1. The number of benzene rings is 2. The number of hydroxylamine groups is 1. The second kappa shape index (κ2) is 12.0. The predicted octanol–water partition coefficient (Wildman–Crippen LogP) is 6.90. The van der Waals surface area contributed by atoms with Crippen molar-refractivity contribution in [1.82, 2.24) is 0 Å². The Morgan fingerprint density at radius 1 is 0.871 bits per heavy atom. The highest BCUT2D eigenvalue weighted by molar-refractivity contribution is 8.17. The first-order valence-electron chi connectivity index (χ1n) is 11.6. The van der Waals surface area contributed by atoms with Crippen LogP contribution in [0.2, 0.25) is 0 Å². The molecule has 5 heteroatoms. The molecule has 2 aromatic carbocycles. The van der Waals surface area contributed by atoms with Crippen molar-refractivity contribution in [3.05, 3.63) is 66.2 Å². The van der Waals surface area contributed by atoms with Crippen LogP contribution in [0.3, 0.4) is 0 Å².